The van der Waals surface area contributed by atoms with Gasteiger partial charge in [-0.3, -0.25) is 0 Å². The second kappa shape index (κ2) is 5.09. The van der Waals surface area contributed by atoms with Gasteiger partial charge in [-0.1, -0.05) is 0 Å². The molecule has 6 heteroatoms. The maximum absolute atomic E-state index is 12.4. The highest BCUT2D eigenvalue weighted by Crippen LogP contribution is 2.29. The van der Waals surface area contributed by atoms with Gasteiger partial charge in [0.05, 0.1) is 16.9 Å². The summed E-state index contributed by atoms with van der Waals surface area (Å²) in [6.45, 7) is 0. The van der Waals surface area contributed by atoms with E-state index in [4.69, 9.17) is 5.73 Å². The predicted molar refractivity (Wildman–Crippen MR) is 69.5 cm³/mol. The molecular weight excluding hydrogens is 255 g/mol. The fourth-order valence-electron chi connectivity index (χ4n) is 1.45. The lowest BCUT2D eigenvalue weighted by atomic mass is 10.2. The summed E-state index contributed by atoms with van der Waals surface area (Å²) in [7, 11) is 0. The van der Waals surface area contributed by atoms with Crippen molar-refractivity contribution < 1.29 is 13.2 Å². The van der Waals surface area contributed by atoms with E-state index in [9.17, 15) is 13.2 Å². The van der Waals surface area contributed by atoms with Gasteiger partial charge >= 0.3 is 6.18 Å². The summed E-state index contributed by atoms with van der Waals surface area (Å²) in [5.41, 5.74) is 12.5. The van der Waals surface area contributed by atoms with E-state index < -0.39 is 11.7 Å². The van der Waals surface area contributed by atoms with Crippen molar-refractivity contribution in [1.82, 2.24) is 0 Å². The van der Waals surface area contributed by atoms with Crippen LogP contribution in [0.3, 0.4) is 0 Å². The third-order valence-electron chi connectivity index (χ3n) is 2.47. The predicted octanol–water partition coefficient (Wildman–Crippen LogP) is 3.73. The first kappa shape index (κ1) is 13.1. The zero-order valence-corrected chi connectivity index (χ0v) is 9.83. The van der Waals surface area contributed by atoms with Gasteiger partial charge in [-0.2, -0.15) is 13.2 Å². The molecule has 0 heterocycles. The summed E-state index contributed by atoms with van der Waals surface area (Å²) in [6.07, 6.45) is -4.32. The minimum atomic E-state index is -4.32. The first-order chi connectivity index (χ1) is 8.95. The Bertz CT molecular complexity index is 533. The van der Waals surface area contributed by atoms with E-state index in [1.165, 1.54) is 12.1 Å². The van der Waals surface area contributed by atoms with E-state index in [0.717, 1.165) is 17.8 Å². The molecule has 0 spiro atoms. The summed E-state index contributed by atoms with van der Waals surface area (Å²) in [5.74, 6) is 0. The minimum Gasteiger partial charge on any atom is -0.399 e. The standard InChI is InChI=1S/C13H12F3N3/c14-13(15,16)9-1-5-11(6-2-9)18-19-12-7-3-10(17)4-8-12/h1-8,18-19H,17H2. The minimum absolute atomic E-state index is 0.532. The van der Waals surface area contributed by atoms with Crippen LogP contribution >= 0.6 is 0 Å². The maximum Gasteiger partial charge on any atom is 0.416 e. The summed E-state index contributed by atoms with van der Waals surface area (Å²) in [4.78, 5) is 0. The topological polar surface area (TPSA) is 50.1 Å². The van der Waals surface area contributed by atoms with Crippen molar-refractivity contribution in [2.24, 2.45) is 0 Å². The lowest BCUT2D eigenvalue weighted by Crippen LogP contribution is -2.09. The second-order valence-electron chi connectivity index (χ2n) is 3.95. The van der Waals surface area contributed by atoms with Crippen molar-refractivity contribution in [2.45, 2.75) is 6.18 Å². The molecule has 4 N–H and O–H groups in total. The van der Waals surface area contributed by atoms with Crippen molar-refractivity contribution >= 4 is 17.1 Å². The van der Waals surface area contributed by atoms with Crippen LogP contribution in [0.25, 0.3) is 0 Å². The molecule has 0 bridgehead atoms. The molecule has 100 valence electrons. The van der Waals surface area contributed by atoms with Crippen LogP contribution in [-0.4, -0.2) is 0 Å². The molecular formula is C13H12F3N3. The molecule has 0 saturated heterocycles. The number of hydrogen-bond donors (Lipinski definition) is 3. The lowest BCUT2D eigenvalue weighted by Gasteiger charge is -2.11. The number of rotatable bonds is 3. The Morgan fingerprint density at radius 1 is 0.737 bits per heavy atom. The van der Waals surface area contributed by atoms with Gasteiger partial charge in [-0.25, -0.2) is 0 Å². The monoisotopic (exact) mass is 267 g/mol. The Morgan fingerprint density at radius 2 is 1.16 bits per heavy atom. The third-order valence-corrected chi connectivity index (χ3v) is 2.47. The molecule has 0 saturated carbocycles. The normalized spacial score (nSPS) is 11.1. The van der Waals surface area contributed by atoms with Gasteiger partial charge in [0.25, 0.3) is 0 Å². The number of anilines is 3. The van der Waals surface area contributed by atoms with Crippen LogP contribution in [-0.2, 0) is 6.18 Å². The van der Waals surface area contributed by atoms with Gasteiger partial charge in [0.1, 0.15) is 0 Å². The molecule has 2 aromatic rings. The van der Waals surface area contributed by atoms with Crippen molar-refractivity contribution in [3.05, 3.63) is 54.1 Å². The van der Waals surface area contributed by atoms with Crippen LogP contribution in [0.2, 0.25) is 0 Å². The Kier molecular flexibility index (Phi) is 3.50. The molecule has 19 heavy (non-hydrogen) atoms. The maximum atomic E-state index is 12.4. The Hall–Kier alpha value is -2.37. The fraction of sp³-hybridized carbons (Fsp3) is 0.0769. The zero-order valence-electron chi connectivity index (χ0n) is 9.83. The first-order valence-electron chi connectivity index (χ1n) is 5.50. The molecule has 2 rings (SSSR count). The molecule has 0 amide bonds. The average molecular weight is 267 g/mol. The highest BCUT2D eigenvalue weighted by atomic mass is 19.4. The van der Waals surface area contributed by atoms with E-state index in [1.807, 2.05) is 0 Å². The number of nitrogen functional groups attached to an aromatic ring is 1. The Balaban J connectivity index is 1.98. The quantitative estimate of drug-likeness (QED) is 0.586. The fourth-order valence-corrected chi connectivity index (χ4v) is 1.45. The molecule has 0 aromatic heterocycles. The molecule has 2 aromatic carbocycles. The number of hydrogen-bond acceptors (Lipinski definition) is 3. The number of nitrogens with two attached hydrogens (primary N) is 1. The number of nitrogens with one attached hydrogen (secondary N) is 2. The van der Waals surface area contributed by atoms with Crippen LogP contribution in [0.4, 0.5) is 30.2 Å². The largest absolute Gasteiger partial charge is 0.416 e. The highest BCUT2D eigenvalue weighted by molar-refractivity contribution is 5.56. The van der Waals surface area contributed by atoms with Crippen LogP contribution in [0.1, 0.15) is 5.56 Å². The van der Waals surface area contributed by atoms with Gasteiger partial charge in [0.2, 0.25) is 0 Å². The Labute approximate surface area is 108 Å². The van der Waals surface area contributed by atoms with Crippen LogP contribution < -0.4 is 16.6 Å². The molecule has 0 aliphatic carbocycles. The van der Waals surface area contributed by atoms with E-state index in [1.54, 1.807) is 24.3 Å². The first-order valence-corrected chi connectivity index (χ1v) is 5.50. The smallest absolute Gasteiger partial charge is 0.399 e. The summed E-state index contributed by atoms with van der Waals surface area (Å²) < 4.78 is 37.1. The number of alkyl halides is 3. The van der Waals surface area contributed by atoms with Crippen LogP contribution in [0.5, 0.6) is 0 Å². The zero-order chi connectivity index (χ0) is 13.9. The van der Waals surface area contributed by atoms with Crippen molar-refractivity contribution in [3.63, 3.8) is 0 Å². The second-order valence-corrected chi connectivity index (χ2v) is 3.95. The number of hydrazine groups is 1. The van der Waals surface area contributed by atoms with E-state index in [2.05, 4.69) is 10.9 Å². The summed E-state index contributed by atoms with van der Waals surface area (Å²) in [6, 6.07) is 11.7. The van der Waals surface area contributed by atoms with Gasteiger partial charge in [0, 0.05) is 5.69 Å². The van der Waals surface area contributed by atoms with Gasteiger partial charge in [-0.05, 0) is 48.5 Å². The molecule has 0 unspecified atom stereocenters. The highest BCUT2D eigenvalue weighted by Gasteiger charge is 2.29. The van der Waals surface area contributed by atoms with Crippen molar-refractivity contribution in [1.29, 1.82) is 0 Å². The molecule has 0 aliphatic rings. The van der Waals surface area contributed by atoms with Crippen molar-refractivity contribution in [3.8, 4) is 0 Å². The average Bonchev–Trinajstić information content (AvgIpc) is 2.37. The van der Waals surface area contributed by atoms with Gasteiger partial charge < -0.3 is 16.6 Å². The van der Waals surface area contributed by atoms with Gasteiger partial charge in [-0.15, -0.1) is 0 Å². The molecule has 0 radical (unpaired) electrons. The third kappa shape index (κ3) is 3.54. The van der Waals surface area contributed by atoms with Gasteiger partial charge in [0.15, 0.2) is 0 Å². The molecule has 0 aliphatic heterocycles. The van der Waals surface area contributed by atoms with Crippen LogP contribution in [0.15, 0.2) is 48.5 Å². The SMILES string of the molecule is Nc1ccc(NNc2ccc(C(F)(F)F)cc2)cc1. The number of halogens is 3. The van der Waals surface area contributed by atoms with Crippen molar-refractivity contribution in [2.75, 3.05) is 16.6 Å². The lowest BCUT2D eigenvalue weighted by molar-refractivity contribution is -0.137. The molecule has 3 nitrogen and oxygen atoms in total. The van der Waals surface area contributed by atoms with Crippen LogP contribution in [0, 0.1) is 0 Å². The number of benzene rings is 2. The molecule has 0 atom stereocenters. The van der Waals surface area contributed by atoms with E-state index in [-0.39, 0.29) is 0 Å². The molecule has 0 fully saturated rings. The van der Waals surface area contributed by atoms with E-state index in [0.29, 0.717) is 11.4 Å². The summed E-state index contributed by atoms with van der Waals surface area (Å²) >= 11 is 0. The van der Waals surface area contributed by atoms with E-state index >= 15 is 0 Å². The Morgan fingerprint density at radius 3 is 1.58 bits per heavy atom. The summed E-state index contributed by atoms with van der Waals surface area (Å²) in [5, 5.41) is 0.